The van der Waals surface area contributed by atoms with Gasteiger partial charge in [-0.15, -0.1) is 0 Å². The lowest BCUT2D eigenvalue weighted by Gasteiger charge is -2.22. The lowest BCUT2D eigenvalue weighted by molar-refractivity contribution is -0.132. The van der Waals surface area contributed by atoms with Crippen LogP contribution in [0.4, 0.5) is 0 Å². The first-order chi connectivity index (χ1) is 10.4. The first-order valence-electron chi connectivity index (χ1n) is 7.22. The van der Waals surface area contributed by atoms with Gasteiger partial charge in [0, 0.05) is 6.04 Å². The third kappa shape index (κ3) is 4.12. The van der Waals surface area contributed by atoms with Crippen molar-refractivity contribution >= 4 is 46.6 Å². The fourth-order valence-electron chi connectivity index (χ4n) is 2.40. The van der Waals surface area contributed by atoms with E-state index in [9.17, 15) is 9.59 Å². The van der Waals surface area contributed by atoms with E-state index in [1.54, 1.807) is 0 Å². The van der Waals surface area contributed by atoms with Crippen molar-refractivity contribution in [1.82, 2.24) is 9.69 Å². The lowest BCUT2D eigenvalue weighted by atomic mass is 10.1. The second-order valence-electron chi connectivity index (χ2n) is 5.68. The molecule has 0 unspecified atom stereocenters. The zero-order chi connectivity index (χ0) is 16.3. The molecule has 0 spiro atoms. The average Bonchev–Trinajstić information content (AvgIpc) is 3.07. The molecule has 0 saturated heterocycles. The number of ether oxygens (including phenoxy) is 1. The van der Waals surface area contributed by atoms with Crippen LogP contribution < -0.4 is 5.32 Å². The van der Waals surface area contributed by atoms with Crippen molar-refractivity contribution in [2.45, 2.75) is 51.7 Å². The Bertz CT molecular complexity index is 556. The highest BCUT2D eigenvalue weighted by Crippen LogP contribution is 2.30. The number of esters is 1. The van der Waals surface area contributed by atoms with E-state index in [-0.39, 0.29) is 32.9 Å². The van der Waals surface area contributed by atoms with Crippen LogP contribution in [0.25, 0.3) is 0 Å². The Morgan fingerprint density at radius 1 is 1.32 bits per heavy atom. The number of nitrogens with one attached hydrogen (secondary N) is 1. The van der Waals surface area contributed by atoms with Crippen molar-refractivity contribution in [2.75, 3.05) is 0 Å². The summed E-state index contributed by atoms with van der Waals surface area (Å²) in [7, 11) is 0. The normalized spacial score (nSPS) is 16.8. The number of amides is 1. The molecule has 1 saturated carbocycles. The smallest absolute Gasteiger partial charge is 0.360 e. The number of hydrogen-bond acceptors (Lipinski definition) is 5. The Hall–Kier alpha value is -0.850. The molecule has 8 heteroatoms. The van der Waals surface area contributed by atoms with Crippen LogP contribution in [0.5, 0.6) is 0 Å². The molecule has 122 valence electrons. The zero-order valence-corrected chi connectivity index (χ0v) is 14.7. The van der Waals surface area contributed by atoms with Crippen LogP contribution in [0.2, 0.25) is 9.36 Å². The number of halogens is 2. The van der Waals surface area contributed by atoms with E-state index in [4.69, 9.17) is 27.9 Å². The van der Waals surface area contributed by atoms with Crippen molar-refractivity contribution in [3.8, 4) is 0 Å². The molecule has 5 nitrogen and oxygen atoms in total. The van der Waals surface area contributed by atoms with Crippen molar-refractivity contribution in [2.24, 2.45) is 5.92 Å². The van der Waals surface area contributed by atoms with Crippen molar-refractivity contribution in [3.63, 3.8) is 0 Å². The molecular formula is C14H18Cl2N2O3S. The van der Waals surface area contributed by atoms with Crippen molar-refractivity contribution < 1.29 is 14.3 Å². The predicted octanol–water partition coefficient (Wildman–Crippen LogP) is 3.69. The highest BCUT2D eigenvalue weighted by molar-refractivity contribution is 7.11. The van der Waals surface area contributed by atoms with Crippen LogP contribution in [0.15, 0.2) is 0 Å². The van der Waals surface area contributed by atoms with Gasteiger partial charge in [-0.25, -0.2) is 4.79 Å². The lowest BCUT2D eigenvalue weighted by Crippen LogP contribution is -2.44. The molecule has 1 aliphatic carbocycles. The molecular weight excluding hydrogens is 347 g/mol. The van der Waals surface area contributed by atoms with Crippen LogP contribution in [0.3, 0.4) is 0 Å². The maximum atomic E-state index is 12.3. The Labute approximate surface area is 143 Å². The number of carbonyl (C=O) groups is 2. The summed E-state index contributed by atoms with van der Waals surface area (Å²) in [6.45, 7) is 3.64. The molecule has 1 aromatic rings. The Morgan fingerprint density at radius 3 is 2.45 bits per heavy atom. The number of nitrogens with zero attached hydrogens (tertiary/aromatic N) is 1. The van der Waals surface area contributed by atoms with Gasteiger partial charge in [0.2, 0.25) is 0 Å². The van der Waals surface area contributed by atoms with E-state index >= 15 is 0 Å². The molecule has 1 heterocycles. The highest BCUT2D eigenvalue weighted by Gasteiger charge is 2.31. The predicted molar refractivity (Wildman–Crippen MR) is 86.6 cm³/mol. The minimum absolute atomic E-state index is 0.0454. The quantitative estimate of drug-likeness (QED) is 0.808. The average molecular weight is 365 g/mol. The number of rotatable bonds is 5. The monoisotopic (exact) mass is 364 g/mol. The van der Waals surface area contributed by atoms with E-state index in [0.29, 0.717) is 0 Å². The van der Waals surface area contributed by atoms with Gasteiger partial charge in [-0.3, -0.25) is 4.79 Å². The standard InChI is InChI=1S/C14H18Cl2N2O3S/c1-7(2)11(13(19)17-8-5-3-4-6-8)21-14(20)10-9(15)12(16)22-18-10/h7-8,11H,3-6H2,1-2H3,(H,17,19)/t11-/m1/s1. The first-order valence-corrected chi connectivity index (χ1v) is 8.75. The van der Waals surface area contributed by atoms with Gasteiger partial charge in [0.1, 0.15) is 9.36 Å². The van der Waals surface area contributed by atoms with Gasteiger partial charge >= 0.3 is 5.97 Å². The molecule has 22 heavy (non-hydrogen) atoms. The minimum atomic E-state index is -0.871. The van der Waals surface area contributed by atoms with Crippen LogP contribution in [0, 0.1) is 5.92 Å². The highest BCUT2D eigenvalue weighted by atomic mass is 35.5. The SMILES string of the molecule is CC(C)[C@@H](OC(=O)c1nsc(Cl)c1Cl)C(=O)NC1CCCC1. The molecule has 2 rings (SSSR count). The van der Waals surface area contributed by atoms with E-state index in [0.717, 1.165) is 37.2 Å². The summed E-state index contributed by atoms with van der Waals surface area (Å²) in [6, 6.07) is 0.171. The van der Waals surface area contributed by atoms with Gasteiger partial charge in [0.05, 0.1) is 0 Å². The maximum absolute atomic E-state index is 12.3. The molecule has 1 atom stereocenters. The zero-order valence-electron chi connectivity index (χ0n) is 12.4. The number of aromatic nitrogens is 1. The van der Waals surface area contributed by atoms with E-state index in [1.165, 1.54) is 0 Å². The summed E-state index contributed by atoms with van der Waals surface area (Å²) in [5.41, 5.74) is -0.0454. The van der Waals surface area contributed by atoms with E-state index < -0.39 is 12.1 Å². The molecule has 1 N–H and O–H groups in total. The van der Waals surface area contributed by atoms with Gasteiger partial charge in [0.15, 0.2) is 11.8 Å². The molecule has 1 amide bonds. The fraction of sp³-hybridized carbons (Fsp3) is 0.643. The molecule has 0 aromatic carbocycles. The van der Waals surface area contributed by atoms with Crippen molar-refractivity contribution in [1.29, 1.82) is 0 Å². The van der Waals surface area contributed by atoms with Gasteiger partial charge in [0.25, 0.3) is 5.91 Å². The third-order valence-electron chi connectivity index (χ3n) is 3.59. The molecule has 0 bridgehead atoms. The van der Waals surface area contributed by atoms with Crippen LogP contribution in [0.1, 0.15) is 50.0 Å². The van der Waals surface area contributed by atoms with E-state index in [1.807, 2.05) is 13.8 Å². The maximum Gasteiger partial charge on any atom is 0.360 e. The number of hydrogen-bond donors (Lipinski definition) is 1. The fourth-order valence-corrected chi connectivity index (χ4v) is 3.38. The van der Waals surface area contributed by atoms with Gasteiger partial charge in [-0.05, 0) is 30.3 Å². The molecule has 1 aromatic heterocycles. The largest absolute Gasteiger partial charge is 0.447 e. The topological polar surface area (TPSA) is 68.3 Å². The Balaban J connectivity index is 2.03. The first kappa shape index (κ1) is 17.5. The Morgan fingerprint density at radius 2 is 1.95 bits per heavy atom. The second-order valence-corrected chi connectivity index (χ2v) is 7.43. The number of carbonyl (C=O) groups excluding carboxylic acids is 2. The summed E-state index contributed by atoms with van der Waals surface area (Å²) in [5.74, 6) is -1.15. The third-order valence-corrected chi connectivity index (χ3v) is 5.20. The van der Waals surface area contributed by atoms with Crippen molar-refractivity contribution in [3.05, 3.63) is 15.1 Å². The van der Waals surface area contributed by atoms with Gasteiger partial charge < -0.3 is 10.1 Å². The van der Waals surface area contributed by atoms with Gasteiger partial charge in [-0.1, -0.05) is 49.9 Å². The molecule has 1 aliphatic rings. The second kappa shape index (κ2) is 7.62. The summed E-state index contributed by atoms with van der Waals surface area (Å²) in [5, 5.41) is 3.01. The van der Waals surface area contributed by atoms with E-state index in [2.05, 4.69) is 9.69 Å². The summed E-state index contributed by atoms with van der Waals surface area (Å²) >= 11 is 12.6. The minimum Gasteiger partial charge on any atom is -0.447 e. The Kier molecular flexibility index (Phi) is 6.06. The molecule has 0 radical (unpaired) electrons. The van der Waals surface area contributed by atoms with Crippen LogP contribution in [-0.4, -0.2) is 28.4 Å². The summed E-state index contributed by atoms with van der Waals surface area (Å²) < 4.78 is 9.40. The van der Waals surface area contributed by atoms with Crippen LogP contribution in [-0.2, 0) is 9.53 Å². The summed E-state index contributed by atoms with van der Waals surface area (Å²) in [4.78, 5) is 24.5. The molecule has 1 fully saturated rings. The van der Waals surface area contributed by atoms with Crippen LogP contribution >= 0.6 is 34.7 Å². The summed E-state index contributed by atoms with van der Waals surface area (Å²) in [6.07, 6.45) is 3.30. The molecule has 0 aliphatic heterocycles. The van der Waals surface area contributed by atoms with Gasteiger partial charge in [-0.2, -0.15) is 4.37 Å².